The number of carbonyl (C=O) groups excluding carboxylic acids is 1. The molecule has 3 heterocycles. The van der Waals surface area contributed by atoms with Crippen LogP contribution in [0.2, 0.25) is 0 Å². The Kier molecular flexibility index (Phi) is 7.08. The van der Waals surface area contributed by atoms with Crippen LogP contribution in [0.15, 0.2) is 18.3 Å². The van der Waals surface area contributed by atoms with E-state index in [2.05, 4.69) is 10.3 Å². The Labute approximate surface area is 155 Å². The van der Waals surface area contributed by atoms with Crippen molar-refractivity contribution in [2.75, 3.05) is 45.3 Å². The van der Waals surface area contributed by atoms with Gasteiger partial charge in [0.05, 0.1) is 12.7 Å². The van der Waals surface area contributed by atoms with E-state index >= 15 is 0 Å². The zero-order valence-corrected chi connectivity index (χ0v) is 15.5. The summed E-state index contributed by atoms with van der Waals surface area (Å²) in [5, 5.41) is 2.93. The molecule has 0 radical (unpaired) electrons. The van der Waals surface area contributed by atoms with Crippen LogP contribution >= 0.6 is 0 Å². The van der Waals surface area contributed by atoms with Gasteiger partial charge in [0.2, 0.25) is 5.88 Å². The first-order valence-corrected chi connectivity index (χ1v) is 9.52. The average molecular weight is 363 g/mol. The van der Waals surface area contributed by atoms with Crippen molar-refractivity contribution in [2.24, 2.45) is 5.92 Å². The number of hydrogen-bond donors (Lipinski definition) is 1. The Morgan fingerprint density at radius 2 is 2.15 bits per heavy atom. The molecule has 1 N–H and O–H groups in total. The lowest BCUT2D eigenvalue weighted by atomic mass is 9.87. The van der Waals surface area contributed by atoms with Crippen molar-refractivity contribution < 1.29 is 19.0 Å². The van der Waals surface area contributed by atoms with Gasteiger partial charge in [-0.1, -0.05) is 0 Å². The third-order valence-corrected chi connectivity index (χ3v) is 5.11. The average Bonchev–Trinajstić information content (AvgIpc) is 2.70. The maximum absolute atomic E-state index is 12.6. The molecule has 144 valence electrons. The maximum Gasteiger partial charge on any atom is 0.321 e. The maximum atomic E-state index is 12.6. The summed E-state index contributed by atoms with van der Waals surface area (Å²) in [6.07, 6.45) is 7.64. The number of likely N-dealkylation sites (tertiary alicyclic amines) is 1. The standard InChI is InChI=1S/C19H29N3O4/c1-24-13-14-26-18-16(5-4-9-20-18)21-19(23)22-10-7-15(8-11-22)17-6-2-3-12-25-17/h4-5,9,15,17H,2-3,6-8,10-14H2,1H3,(H,21,23). The topological polar surface area (TPSA) is 72.9 Å². The first-order chi connectivity index (χ1) is 12.8. The van der Waals surface area contributed by atoms with Crippen LogP contribution in [0.1, 0.15) is 32.1 Å². The van der Waals surface area contributed by atoms with Crippen LogP contribution in [0, 0.1) is 5.92 Å². The fourth-order valence-electron chi connectivity index (χ4n) is 3.63. The lowest BCUT2D eigenvalue weighted by Crippen LogP contribution is -2.44. The molecule has 0 saturated carbocycles. The minimum atomic E-state index is -0.0994. The van der Waals surface area contributed by atoms with Crippen molar-refractivity contribution in [3.63, 3.8) is 0 Å². The Balaban J connectivity index is 1.50. The van der Waals surface area contributed by atoms with Crippen LogP contribution in [0.5, 0.6) is 5.88 Å². The minimum Gasteiger partial charge on any atom is -0.474 e. The largest absolute Gasteiger partial charge is 0.474 e. The number of aromatic nitrogens is 1. The molecule has 1 unspecified atom stereocenters. The van der Waals surface area contributed by atoms with Gasteiger partial charge in [0, 0.05) is 33.0 Å². The molecule has 2 aliphatic heterocycles. The molecule has 0 aliphatic carbocycles. The normalized spacial score (nSPS) is 21.4. The van der Waals surface area contributed by atoms with E-state index in [1.165, 1.54) is 12.8 Å². The van der Waals surface area contributed by atoms with Gasteiger partial charge < -0.3 is 24.4 Å². The highest BCUT2D eigenvalue weighted by Gasteiger charge is 2.30. The molecule has 3 rings (SSSR count). The summed E-state index contributed by atoms with van der Waals surface area (Å²) in [7, 11) is 1.62. The van der Waals surface area contributed by atoms with Gasteiger partial charge in [-0.25, -0.2) is 9.78 Å². The van der Waals surface area contributed by atoms with E-state index in [0.717, 1.165) is 39.0 Å². The van der Waals surface area contributed by atoms with E-state index in [0.29, 0.717) is 36.8 Å². The van der Waals surface area contributed by atoms with Gasteiger partial charge in [-0.05, 0) is 50.2 Å². The molecule has 1 atom stereocenters. The number of rotatable bonds is 6. The van der Waals surface area contributed by atoms with E-state index in [9.17, 15) is 4.79 Å². The molecule has 2 saturated heterocycles. The fraction of sp³-hybridized carbons (Fsp3) is 0.684. The Morgan fingerprint density at radius 1 is 1.31 bits per heavy atom. The molecule has 2 fully saturated rings. The Hall–Kier alpha value is -1.86. The molecule has 1 aromatic rings. The highest BCUT2D eigenvalue weighted by molar-refractivity contribution is 5.90. The number of hydrogen-bond acceptors (Lipinski definition) is 5. The van der Waals surface area contributed by atoms with E-state index < -0.39 is 0 Å². The molecule has 0 bridgehead atoms. The summed E-state index contributed by atoms with van der Waals surface area (Å²) in [4.78, 5) is 18.7. The third kappa shape index (κ3) is 5.08. The van der Waals surface area contributed by atoms with Crippen LogP contribution in [0.25, 0.3) is 0 Å². The van der Waals surface area contributed by atoms with E-state index in [1.807, 2.05) is 4.90 Å². The zero-order chi connectivity index (χ0) is 18.2. The number of carbonyl (C=O) groups is 1. The number of methoxy groups -OCH3 is 1. The molecular formula is C19H29N3O4. The fourth-order valence-corrected chi connectivity index (χ4v) is 3.63. The molecule has 2 amide bonds. The zero-order valence-electron chi connectivity index (χ0n) is 15.5. The number of nitrogens with one attached hydrogen (secondary N) is 1. The smallest absolute Gasteiger partial charge is 0.321 e. The number of piperidine rings is 1. The van der Waals surface area contributed by atoms with Gasteiger partial charge in [0.15, 0.2) is 0 Å². The summed E-state index contributed by atoms with van der Waals surface area (Å²) in [6, 6.07) is 3.48. The highest BCUT2D eigenvalue weighted by atomic mass is 16.5. The van der Waals surface area contributed by atoms with Crippen molar-refractivity contribution >= 4 is 11.7 Å². The quantitative estimate of drug-likeness (QED) is 0.787. The van der Waals surface area contributed by atoms with Gasteiger partial charge in [0.1, 0.15) is 12.3 Å². The monoisotopic (exact) mass is 363 g/mol. The molecule has 26 heavy (non-hydrogen) atoms. The van der Waals surface area contributed by atoms with Crippen molar-refractivity contribution in [3.05, 3.63) is 18.3 Å². The molecule has 7 heteroatoms. The molecule has 0 spiro atoms. The van der Waals surface area contributed by atoms with Gasteiger partial charge in [0.25, 0.3) is 0 Å². The van der Waals surface area contributed by atoms with E-state index in [1.54, 1.807) is 25.4 Å². The van der Waals surface area contributed by atoms with Crippen molar-refractivity contribution in [2.45, 2.75) is 38.2 Å². The second-order valence-corrected chi connectivity index (χ2v) is 6.86. The minimum absolute atomic E-state index is 0.0994. The van der Waals surface area contributed by atoms with Gasteiger partial charge in [-0.15, -0.1) is 0 Å². The number of anilines is 1. The van der Waals surface area contributed by atoms with Gasteiger partial charge in [-0.2, -0.15) is 0 Å². The van der Waals surface area contributed by atoms with Crippen LogP contribution < -0.4 is 10.1 Å². The predicted octanol–water partition coefficient (Wildman–Crippen LogP) is 2.92. The van der Waals surface area contributed by atoms with Crippen LogP contribution in [0.3, 0.4) is 0 Å². The number of ether oxygens (including phenoxy) is 3. The lowest BCUT2D eigenvalue weighted by molar-refractivity contribution is -0.0345. The van der Waals surface area contributed by atoms with E-state index in [4.69, 9.17) is 14.2 Å². The molecular weight excluding hydrogens is 334 g/mol. The summed E-state index contributed by atoms with van der Waals surface area (Å²) >= 11 is 0. The van der Waals surface area contributed by atoms with Gasteiger partial charge in [-0.3, -0.25) is 0 Å². The van der Waals surface area contributed by atoms with Crippen molar-refractivity contribution in [1.29, 1.82) is 0 Å². The Morgan fingerprint density at radius 3 is 2.88 bits per heavy atom. The summed E-state index contributed by atoms with van der Waals surface area (Å²) < 4.78 is 16.5. The van der Waals surface area contributed by atoms with Crippen molar-refractivity contribution in [3.8, 4) is 5.88 Å². The molecule has 0 aromatic carbocycles. The molecule has 1 aromatic heterocycles. The SMILES string of the molecule is COCCOc1ncccc1NC(=O)N1CCC(C2CCCCO2)CC1. The number of urea groups is 1. The third-order valence-electron chi connectivity index (χ3n) is 5.11. The van der Waals surface area contributed by atoms with Crippen molar-refractivity contribution in [1.82, 2.24) is 9.88 Å². The van der Waals surface area contributed by atoms with Gasteiger partial charge >= 0.3 is 6.03 Å². The second kappa shape index (κ2) is 9.73. The molecule has 7 nitrogen and oxygen atoms in total. The van der Waals surface area contributed by atoms with Crippen LogP contribution in [-0.2, 0) is 9.47 Å². The highest BCUT2D eigenvalue weighted by Crippen LogP contribution is 2.29. The molecule has 2 aliphatic rings. The number of nitrogens with zero attached hydrogens (tertiary/aromatic N) is 2. The summed E-state index contributed by atoms with van der Waals surface area (Å²) in [6.45, 7) is 3.27. The summed E-state index contributed by atoms with van der Waals surface area (Å²) in [5.74, 6) is 0.995. The first kappa shape index (κ1) is 18.9. The number of pyridine rings is 1. The second-order valence-electron chi connectivity index (χ2n) is 6.86. The lowest BCUT2D eigenvalue weighted by Gasteiger charge is -2.37. The van der Waals surface area contributed by atoms with Crippen LogP contribution in [0.4, 0.5) is 10.5 Å². The Bertz CT molecular complexity index is 570. The van der Waals surface area contributed by atoms with Crippen LogP contribution in [-0.4, -0.2) is 62.0 Å². The number of amides is 2. The summed E-state index contributed by atoms with van der Waals surface area (Å²) in [5.41, 5.74) is 0.589. The predicted molar refractivity (Wildman–Crippen MR) is 98.5 cm³/mol. The van der Waals surface area contributed by atoms with E-state index in [-0.39, 0.29) is 6.03 Å². The first-order valence-electron chi connectivity index (χ1n) is 9.52.